The first-order valence-electron chi connectivity index (χ1n) is 11.5. The average molecular weight is 534 g/mol. The highest BCUT2D eigenvalue weighted by Crippen LogP contribution is 2.44. The number of hydrogen-bond acceptors (Lipinski definition) is 5. The maximum atomic E-state index is 13.1. The van der Waals surface area contributed by atoms with Crippen molar-refractivity contribution in [2.24, 2.45) is 0 Å². The molecule has 1 aliphatic heterocycles. The highest BCUT2D eigenvalue weighted by atomic mass is 32.2. The number of carbonyl (C=O) groups is 1. The Balaban J connectivity index is 1.69. The maximum absolute atomic E-state index is 13.1. The normalized spacial score (nSPS) is 14.3. The molecule has 1 aromatic heterocycles. The third-order valence-corrected chi connectivity index (χ3v) is 7.51. The Bertz CT molecular complexity index is 1570. The van der Waals surface area contributed by atoms with Gasteiger partial charge in [0.2, 0.25) is 0 Å². The van der Waals surface area contributed by atoms with Crippen LogP contribution in [0.2, 0.25) is 0 Å². The summed E-state index contributed by atoms with van der Waals surface area (Å²) in [4.78, 5) is 16.9. The van der Waals surface area contributed by atoms with Crippen molar-refractivity contribution >= 4 is 21.7 Å². The number of nitrogens with zero attached hydrogens (tertiary/aromatic N) is 2. The first kappa shape index (κ1) is 24.9. The zero-order valence-corrected chi connectivity index (χ0v) is 20.4. The van der Waals surface area contributed by atoms with Gasteiger partial charge in [-0.25, -0.2) is 9.78 Å². The van der Waals surface area contributed by atoms with Crippen LogP contribution in [-0.2, 0) is 23.0 Å². The third-order valence-electron chi connectivity index (χ3n) is 6.41. The van der Waals surface area contributed by atoms with Crippen LogP contribution in [0.5, 0.6) is 0 Å². The zero-order chi connectivity index (χ0) is 26.5. The van der Waals surface area contributed by atoms with Gasteiger partial charge < -0.3 is 14.1 Å². The van der Waals surface area contributed by atoms with Gasteiger partial charge in [-0.05, 0) is 47.7 Å². The van der Waals surface area contributed by atoms with E-state index in [1.807, 2.05) is 6.92 Å². The van der Waals surface area contributed by atoms with Crippen molar-refractivity contribution in [3.8, 4) is 22.3 Å². The topological polar surface area (TPSA) is 114 Å². The second kappa shape index (κ2) is 8.94. The Morgan fingerprint density at radius 2 is 1.92 bits per heavy atom. The number of anilines is 1. The molecule has 0 spiro atoms. The molecule has 2 aromatic rings. The van der Waals surface area contributed by atoms with Gasteiger partial charge in [0.05, 0.1) is 30.5 Å². The Labute approximate surface area is 210 Å². The average Bonchev–Trinajstić information content (AvgIpc) is 3.53. The van der Waals surface area contributed by atoms with Crippen molar-refractivity contribution in [3.05, 3.63) is 71.7 Å². The quantitative estimate of drug-likeness (QED) is 0.301. The summed E-state index contributed by atoms with van der Waals surface area (Å²) in [5.74, 6) is -0.448. The highest BCUT2D eigenvalue weighted by Gasteiger charge is 2.46. The number of fused-ring (bicyclic) bond motifs is 1. The molecule has 5 rings (SSSR count). The van der Waals surface area contributed by atoms with Crippen molar-refractivity contribution < 1.29 is 35.9 Å². The molecule has 0 unspecified atom stereocenters. The number of carboxylic acids is 1. The number of imidazole rings is 1. The van der Waals surface area contributed by atoms with E-state index in [4.69, 9.17) is 4.42 Å². The monoisotopic (exact) mass is 533 g/mol. The summed E-state index contributed by atoms with van der Waals surface area (Å²) in [6.45, 7) is 1.93. The minimum atomic E-state index is -5.67. The summed E-state index contributed by atoms with van der Waals surface area (Å²) in [6.07, 6.45) is 5.10. The first-order valence-corrected chi connectivity index (χ1v) is 13.0. The van der Waals surface area contributed by atoms with Crippen LogP contribution in [0.3, 0.4) is 0 Å². The molecule has 0 atom stereocenters. The minimum Gasteiger partial charge on any atom is -0.477 e. The maximum Gasteiger partial charge on any atom is 0.516 e. The molecule has 3 aliphatic rings. The predicted molar refractivity (Wildman–Crippen MR) is 129 cm³/mol. The summed E-state index contributed by atoms with van der Waals surface area (Å²) in [7, 11) is -5.67. The van der Waals surface area contributed by atoms with E-state index in [1.54, 1.807) is 27.5 Å². The van der Waals surface area contributed by atoms with Crippen LogP contribution in [0.25, 0.3) is 22.3 Å². The van der Waals surface area contributed by atoms with Gasteiger partial charge >= 0.3 is 21.5 Å². The van der Waals surface area contributed by atoms with Gasteiger partial charge in [0.1, 0.15) is 5.82 Å². The lowest BCUT2D eigenvalue weighted by Gasteiger charge is -2.16. The molecule has 1 aromatic carbocycles. The number of para-hydroxylation sites is 1. The Kier molecular flexibility index (Phi) is 6.01. The van der Waals surface area contributed by atoms with E-state index in [0.29, 0.717) is 40.2 Å². The molecule has 2 N–H and O–H groups in total. The molecule has 0 amide bonds. The molecule has 12 heteroatoms. The van der Waals surface area contributed by atoms with Crippen molar-refractivity contribution in [1.82, 2.24) is 9.55 Å². The number of carboxylic acid groups (broad SMARTS) is 1. The fourth-order valence-electron chi connectivity index (χ4n) is 4.56. The van der Waals surface area contributed by atoms with E-state index in [9.17, 15) is 31.5 Å². The summed E-state index contributed by atoms with van der Waals surface area (Å²) >= 11 is 0. The van der Waals surface area contributed by atoms with Crippen LogP contribution >= 0.6 is 0 Å². The van der Waals surface area contributed by atoms with Gasteiger partial charge in [0.25, 0.3) is 0 Å². The summed E-state index contributed by atoms with van der Waals surface area (Å²) in [5.41, 5.74) is -2.57. The fraction of sp³-hybridized carbons (Fsp3) is 0.280. The van der Waals surface area contributed by atoms with Crippen LogP contribution in [0.1, 0.15) is 53.3 Å². The molecule has 0 radical (unpaired) electrons. The molecule has 0 saturated heterocycles. The molecule has 194 valence electrons. The molecule has 37 heavy (non-hydrogen) atoms. The van der Waals surface area contributed by atoms with E-state index in [2.05, 4.69) is 4.98 Å². The van der Waals surface area contributed by atoms with Gasteiger partial charge in [-0.15, -0.1) is 0 Å². The number of nitrogens with one attached hydrogen (secondary N) is 1. The molecule has 0 bridgehead atoms. The second-order valence-electron chi connectivity index (χ2n) is 8.84. The molecule has 2 heterocycles. The van der Waals surface area contributed by atoms with Crippen molar-refractivity contribution in [1.29, 1.82) is 0 Å². The standard InChI is InChI=1S/C25H22F3N3O5S/c1-2-21-29-22(14-7-8-14)23(24(32)33)31(21)12-19-16-9-10-36-13-15(16)11-18(19)17-5-3-4-6-20(17)30-37(34,35)25(26,27)28/h3-6,9-11,13-14,30H,2,7-8,12H2,1H3,(H,32,33). The van der Waals surface area contributed by atoms with Gasteiger partial charge in [-0.3, -0.25) is 4.72 Å². The van der Waals surface area contributed by atoms with Crippen LogP contribution in [0.15, 0.2) is 53.3 Å². The third kappa shape index (κ3) is 4.45. The number of benzene rings is 1. The summed E-state index contributed by atoms with van der Waals surface area (Å²) in [5, 5.41) is 10.0. The van der Waals surface area contributed by atoms with Crippen molar-refractivity contribution in [3.63, 3.8) is 0 Å². The Morgan fingerprint density at radius 3 is 2.57 bits per heavy atom. The van der Waals surface area contributed by atoms with Crippen LogP contribution in [0, 0.1) is 0 Å². The smallest absolute Gasteiger partial charge is 0.477 e. The number of rotatable bonds is 8. The van der Waals surface area contributed by atoms with Gasteiger partial charge in [0, 0.05) is 23.5 Å². The van der Waals surface area contributed by atoms with E-state index < -0.39 is 21.5 Å². The van der Waals surface area contributed by atoms with E-state index in [1.165, 1.54) is 30.7 Å². The van der Waals surface area contributed by atoms with Crippen molar-refractivity contribution in [2.75, 3.05) is 4.72 Å². The molecule has 2 aliphatic carbocycles. The molecular formula is C25H22F3N3O5S. The predicted octanol–water partition coefficient (Wildman–Crippen LogP) is 5.70. The van der Waals surface area contributed by atoms with E-state index in [-0.39, 0.29) is 29.4 Å². The largest absolute Gasteiger partial charge is 0.516 e. The van der Waals surface area contributed by atoms with Gasteiger partial charge in [0.15, 0.2) is 5.69 Å². The van der Waals surface area contributed by atoms with E-state index in [0.717, 1.165) is 12.8 Å². The number of aryl methyl sites for hydroxylation is 1. The number of halogens is 3. The number of aromatic nitrogens is 2. The Morgan fingerprint density at radius 1 is 1.19 bits per heavy atom. The number of hydrogen-bond donors (Lipinski definition) is 2. The molecule has 8 nitrogen and oxygen atoms in total. The number of sulfonamides is 1. The van der Waals surface area contributed by atoms with E-state index >= 15 is 0 Å². The van der Waals surface area contributed by atoms with Gasteiger partial charge in [-0.2, -0.15) is 21.6 Å². The molecule has 1 saturated carbocycles. The minimum absolute atomic E-state index is 0.0632. The van der Waals surface area contributed by atoms with Crippen LogP contribution < -0.4 is 4.72 Å². The fourth-order valence-corrected chi connectivity index (χ4v) is 5.14. The van der Waals surface area contributed by atoms with Crippen molar-refractivity contribution in [2.45, 2.75) is 44.2 Å². The summed E-state index contributed by atoms with van der Waals surface area (Å²) in [6, 6.07) is 9.11. The number of aromatic carboxylic acids is 1. The second-order valence-corrected chi connectivity index (χ2v) is 10.5. The zero-order valence-electron chi connectivity index (χ0n) is 19.5. The lowest BCUT2D eigenvalue weighted by atomic mass is 10.0. The Hall–Kier alpha value is -3.80. The lowest BCUT2D eigenvalue weighted by molar-refractivity contribution is -0.0429. The molecule has 1 fully saturated rings. The number of alkyl halides is 3. The highest BCUT2D eigenvalue weighted by molar-refractivity contribution is 7.93. The first-order chi connectivity index (χ1) is 17.5. The lowest BCUT2D eigenvalue weighted by Crippen LogP contribution is -2.30. The van der Waals surface area contributed by atoms with Crippen LogP contribution in [-0.4, -0.2) is 34.6 Å². The van der Waals surface area contributed by atoms with Crippen LogP contribution in [0.4, 0.5) is 18.9 Å². The summed E-state index contributed by atoms with van der Waals surface area (Å²) < 4.78 is 71.8. The van der Waals surface area contributed by atoms with Gasteiger partial charge in [-0.1, -0.05) is 25.1 Å². The molecular weight excluding hydrogens is 511 g/mol. The SMILES string of the molecule is CCc1nc(C2CC2)c(C(=O)O)n1Cc1c2ccocc-2cc1-c1ccccc1NS(=O)(=O)C(F)(F)F.